The molecular formula is C13H16O4. The van der Waals surface area contributed by atoms with Gasteiger partial charge >= 0.3 is 11.9 Å². The number of rotatable bonds is 5. The predicted octanol–water partition coefficient (Wildman–Crippen LogP) is 1.97. The Hall–Kier alpha value is -1.84. The Morgan fingerprint density at radius 3 is 2.35 bits per heavy atom. The summed E-state index contributed by atoms with van der Waals surface area (Å²) in [5.74, 6) is -0.753. The molecule has 0 aromatic heterocycles. The SMILES string of the molecule is CCOC(=O)Cc1ccccc1C(=O)OCC. The van der Waals surface area contributed by atoms with E-state index in [1.165, 1.54) is 0 Å². The zero-order valence-corrected chi connectivity index (χ0v) is 10.1. The maximum atomic E-state index is 11.6. The van der Waals surface area contributed by atoms with Crippen LogP contribution in [0.3, 0.4) is 0 Å². The average molecular weight is 236 g/mol. The van der Waals surface area contributed by atoms with Crippen LogP contribution in [0.2, 0.25) is 0 Å². The van der Waals surface area contributed by atoms with Crippen molar-refractivity contribution in [3.8, 4) is 0 Å². The maximum Gasteiger partial charge on any atom is 0.338 e. The van der Waals surface area contributed by atoms with E-state index in [-0.39, 0.29) is 12.4 Å². The number of carbonyl (C=O) groups is 2. The smallest absolute Gasteiger partial charge is 0.338 e. The highest BCUT2D eigenvalue weighted by Gasteiger charge is 2.14. The molecule has 0 unspecified atom stereocenters. The van der Waals surface area contributed by atoms with Crippen molar-refractivity contribution in [2.75, 3.05) is 13.2 Å². The van der Waals surface area contributed by atoms with Crippen LogP contribution in [0.5, 0.6) is 0 Å². The van der Waals surface area contributed by atoms with E-state index in [9.17, 15) is 9.59 Å². The van der Waals surface area contributed by atoms with E-state index in [4.69, 9.17) is 9.47 Å². The normalized spacial score (nSPS) is 9.76. The summed E-state index contributed by atoms with van der Waals surface area (Å²) in [7, 11) is 0. The van der Waals surface area contributed by atoms with E-state index in [1.54, 1.807) is 38.1 Å². The molecule has 0 spiro atoms. The van der Waals surface area contributed by atoms with Crippen molar-refractivity contribution in [1.82, 2.24) is 0 Å². The molecule has 0 aliphatic heterocycles. The molecule has 92 valence electrons. The van der Waals surface area contributed by atoms with Crippen molar-refractivity contribution in [2.24, 2.45) is 0 Å². The van der Waals surface area contributed by atoms with E-state index in [0.29, 0.717) is 24.3 Å². The highest BCUT2D eigenvalue weighted by molar-refractivity contribution is 5.92. The molecule has 0 N–H and O–H groups in total. The third kappa shape index (κ3) is 3.90. The summed E-state index contributed by atoms with van der Waals surface area (Å²) in [6.07, 6.45) is 0.0861. The largest absolute Gasteiger partial charge is 0.466 e. The van der Waals surface area contributed by atoms with Crippen LogP contribution in [0.15, 0.2) is 24.3 Å². The third-order valence-electron chi connectivity index (χ3n) is 2.15. The Bertz CT molecular complexity index is 398. The minimum atomic E-state index is -0.410. The van der Waals surface area contributed by atoms with Crippen LogP contribution in [0.25, 0.3) is 0 Å². The Kier molecular flexibility index (Phi) is 5.20. The monoisotopic (exact) mass is 236 g/mol. The molecule has 0 bridgehead atoms. The minimum Gasteiger partial charge on any atom is -0.466 e. The molecule has 0 saturated heterocycles. The van der Waals surface area contributed by atoms with Crippen molar-refractivity contribution in [3.63, 3.8) is 0 Å². The highest BCUT2D eigenvalue weighted by Crippen LogP contribution is 2.11. The van der Waals surface area contributed by atoms with Gasteiger partial charge in [0.15, 0.2) is 0 Å². The summed E-state index contributed by atoms with van der Waals surface area (Å²) < 4.78 is 9.77. The fourth-order valence-electron chi connectivity index (χ4n) is 1.45. The molecule has 0 aliphatic carbocycles. The number of hydrogen-bond donors (Lipinski definition) is 0. The van der Waals surface area contributed by atoms with E-state index in [2.05, 4.69) is 0 Å². The van der Waals surface area contributed by atoms with Crippen LogP contribution in [0, 0.1) is 0 Å². The van der Waals surface area contributed by atoms with Crippen molar-refractivity contribution >= 4 is 11.9 Å². The van der Waals surface area contributed by atoms with Gasteiger partial charge in [0.1, 0.15) is 0 Å². The van der Waals surface area contributed by atoms with E-state index < -0.39 is 5.97 Å². The molecule has 1 aromatic carbocycles. The quantitative estimate of drug-likeness (QED) is 0.733. The molecule has 1 rings (SSSR count). The molecule has 0 amide bonds. The summed E-state index contributed by atoms with van der Waals surface area (Å²) in [6.45, 7) is 4.13. The summed E-state index contributed by atoms with van der Waals surface area (Å²) in [5, 5.41) is 0. The second-order valence-electron chi connectivity index (χ2n) is 3.36. The van der Waals surface area contributed by atoms with Crippen LogP contribution in [0.1, 0.15) is 29.8 Å². The first-order chi connectivity index (χ1) is 8.19. The van der Waals surface area contributed by atoms with Gasteiger partial charge in [0.2, 0.25) is 0 Å². The van der Waals surface area contributed by atoms with Gasteiger partial charge in [-0.05, 0) is 25.5 Å². The first-order valence-corrected chi connectivity index (χ1v) is 5.59. The lowest BCUT2D eigenvalue weighted by atomic mass is 10.0. The van der Waals surface area contributed by atoms with Gasteiger partial charge in [0, 0.05) is 0 Å². The molecule has 17 heavy (non-hydrogen) atoms. The fraction of sp³-hybridized carbons (Fsp3) is 0.385. The van der Waals surface area contributed by atoms with Crippen molar-refractivity contribution in [3.05, 3.63) is 35.4 Å². The zero-order valence-electron chi connectivity index (χ0n) is 10.1. The Labute approximate surface area is 101 Å². The third-order valence-corrected chi connectivity index (χ3v) is 2.15. The van der Waals surface area contributed by atoms with Crippen LogP contribution < -0.4 is 0 Å². The van der Waals surface area contributed by atoms with Gasteiger partial charge in [-0.15, -0.1) is 0 Å². The molecule has 0 radical (unpaired) electrons. The summed E-state index contributed by atoms with van der Waals surface area (Å²) >= 11 is 0. The number of esters is 2. The summed E-state index contributed by atoms with van der Waals surface area (Å²) in [5.41, 5.74) is 1.05. The summed E-state index contributed by atoms with van der Waals surface area (Å²) in [6, 6.07) is 6.88. The van der Waals surface area contributed by atoms with Crippen LogP contribution in [-0.4, -0.2) is 25.2 Å². The molecule has 0 atom stereocenters. The van der Waals surface area contributed by atoms with E-state index in [1.807, 2.05) is 0 Å². The molecule has 0 saturated carbocycles. The highest BCUT2D eigenvalue weighted by atomic mass is 16.5. The van der Waals surface area contributed by atoms with Crippen LogP contribution in [0.4, 0.5) is 0 Å². The standard InChI is InChI=1S/C13H16O4/c1-3-16-12(14)9-10-7-5-6-8-11(10)13(15)17-4-2/h5-8H,3-4,9H2,1-2H3. The van der Waals surface area contributed by atoms with Gasteiger partial charge in [-0.25, -0.2) is 4.79 Å². The first-order valence-electron chi connectivity index (χ1n) is 5.59. The van der Waals surface area contributed by atoms with Crippen LogP contribution >= 0.6 is 0 Å². The Balaban J connectivity index is 2.84. The molecular weight excluding hydrogens is 220 g/mol. The van der Waals surface area contributed by atoms with Crippen LogP contribution in [-0.2, 0) is 20.7 Å². The van der Waals surface area contributed by atoms with Gasteiger partial charge in [-0.3, -0.25) is 4.79 Å². The van der Waals surface area contributed by atoms with E-state index >= 15 is 0 Å². The molecule has 0 aliphatic rings. The number of carbonyl (C=O) groups excluding carboxylic acids is 2. The molecule has 0 heterocycles. The number of ether oxygens (including phenoxy) is 2. The van der Waals surface area contributed by atoms with Gasteiger partial charge in [0.25, 0.3) is 0 Å². The van der Waals surface area contributed by atoms with Crippen molar-refractivity contribution in [2.45, 2.75) is 20.3 Å². The predicted molar refractivity (Wildman–Crippen MR) is 62.7 cm³/mol. The molecule has 4 heteroatoms. The minimum absolute atomic E-state index is 0.0861. The lowest BCUT2D eigenvalue weighted by Gasteiger charge is -2.08. The zero-order chi connectivity index (χ0) is 12.7. The summed E-state index contributed by atoms with van der Waals surface area (Å²) in [4.78, 5) is 23.0. The lowest BCUT2D eigenvalue weighted by Crippen LogP contribution is -2.13. The Morgan fingerprint density at radius 2 is 1.71 bits per heavy atom. The average Bonchev–Trinajstić information content (AvgIpc) is 2.30. The lowest BCUT2D eigenvalue weighted by molar-refractivity contribution is -0.142. The van der Waals surface area contributed by atoms with Crippen molar-refractivity contribution < 1.29 is 19.1 Å². The second kappa shape index (κ2) is 6.68. The van der Waals surface area contributed by atoms with E-state index in [0.717, 1.165) is 0 Å². The topological polar surface area (TPSA) is 52.6 Å². The number of benzene rings is 1. The second-order valence-corrected chi connectivity index (χ2v) is 3.36. The molecule has 1 aromatic rings. The maximum absolute atomic E-state index is 11.6. The van der Waals surface area contributed by atoms with Gasteiger partial charge in [-0.1, -0.05) is 18.2 Å². The number of hydrogen-bond acceptors (Lipinski definition) is 4. The fourth-order valence-corrected chi connectivity index (χ4v) is 1.45. The Morgan fingerprint density at radius 1 is 1.06 bits per heavy atom. The first kappa shape index (κ1) is 13.2. The van der Waals surface area contributed by atoms with Gasteiger partial charge < -0.3 is 9.47 Å². The van der Waals surface area contributed by atoms with Crippen molar-refractivity contribution in [1.29, 1.82) is 0 Å². The molecule has 0 fully saturated rings. The van der Waals surface area contributed by atoms with Gasteiger partial charge in [0.05, 0.1) is 25.2 Å². The van der Waals surface area contributed by atoms with Gasteiger partial charge in [-0.2, -0.15) is 0 Å². The molecule has 4 nitrogen and oxygen atoms in total.